The molecule has 0 aromatic heterocycles. The maximum absolute atomic E-state index is 10.9. The third-order valence-electron chi connectivity index (χ3n) is 4.01. The number of carbonyl (C=O) groups excluding carboxylic acids is 2. The van der Waals surface area contributed by atoms with Gasteiger partial charge in [0.2, 0.25) is 5.91 Å². The van der Waals surface area contributed by atoms with E-state index in [1.165, 1.54) is 64.7 Å². The van der Waals surface area contributed by atoms with E-state index in [1.807, 2.05) is 0 Å². The number of hydrogen-bond acceptors (Lipinski definition) is 3. The van der Waals surface area contributed by atoms with E-state index < -0.39 is 12.0 Å². The Kier molecular flexibility index (Phi) is 20.0. The SMILES string of the molecule is CCCCCCCCCCCCCCC(NC(C)=O)C(=O)[O-].[Na+]. The third-order valence-corrected chi connectivity index (χ3v) is 4.01. The molecule has 0 bridgehead atoms. The Morgan fingerprint density at radius 2 is 1.22 bits per heavy atom. The normalized spacial score (nSPS) is 11.6. The van der Waals surface area contributed by atoms with Crippen molar-refractivity contribution in [3.8, 4) is 0 Å². The van der Waals surface area contributed by atoms with Crippen LogP contribution in [0.5, 0.6) is 0 Å². The Hall–Kier alpha value is -0.0600. The van der Waals surface area contributed by atoms with Gasteiger partial charge in [-0.1, -0.05) is 84.0 Å². The van der Waals surface area contributed by atoms with Crippen molar-refractivity contribution in [2.75, 3.05) is 0 Å². The minimum atomic E-state index is -1.18. The van der Waals surface area contributed by atoms with E-state index in [4.69, 9.17) is 0 Å². The summed E-state index contributed by atoms with van der Waals surface area (Å²) in [6.07, 6.45) is 15.4. The summed E-state index contributed by atoms with van der Waals surface area (Å²) in [4.78, 5) is 21.7. The van der Waals surface area contributed by atoms with Crippen molar-refractivity contribution in [3.63, 3.8) is 0 Å². The van der Waals surface area contributed by atoms with Gasteiger partial charge in [0.05, 0.1) is 12.0 Å². The topological polar surface area (TPSA) is 69.2 Å². The molecule has 130 valence electrons. The van der Waals surface area contributed by atoms with Gasteiger partial charge in [0.1, 0.15) is 0 Å². The first-order valence-corrected chi connectivity index (χ1v) is 9.06. The van der Waals surface area contributed by atoms with E-state index in [-0.39, 0.29) is 35.5 Å². The number of nitrogens with one attached hydrogen (secondary N) is 1. The first kappa shape index (κ1) is 25.2. The monoisotopic (exact) mass is 335 g/mol. The predicted octanol–water partition coefficient (Wildman–Crippen LogP) is 0.336. The zero-order valence-corrected chi connectivity index (χ0v) is 17.5. The van der Waals surface area contributed by atoms with Gasteiger partial charge < -0.3 is 15.2 Å². The molecule has 0 aromatic rings. The molecule has 0 heterocycles. The smallest absolute Gasteiger partial charge is 0.548 e. The molecule has 0 fully saturated rings. The Morgan fingerprint density at radius 3 is 1.57 bits per heavy atom. The average molecular weight is 335 g/mol. The zero-order valence-electron chi connectivity index (χ0n) is 15.5. The van der Waals surface area contributed by atoms with Crippen molar-refractivity contribution < 1.29 is 44.3 Å². The molecule has 0 saturated heterocycles. The molecule has 0 saturated carbocycles. The van der Waals surface area contributed by atoms with Gasteiger partial charge in [-0.05, 0) is 6.42 Å². The zero-order chi connectivity index (χ0) is 16.6. The summed E-state index contributed by atoms with van der Waals surface area (Å²) in [5.41, 5.74) is 0. The molecule has 0 radical (unpaired) electrons. The number of rotatable bonds is 15. The number of carboxylic acids is 1. The van der Waals surface area contributed by atoms with Crippen LogP contribution in [0.3, 0.4) is 0 Å². The first-order valence-electron chi connectivity index (χ1n) is 9.06. The summed E-state index contributed by atoms with van der Waals surface area (Å²) in [6.45, 7) is 3.57. The van der Waals surface area contributed by atoms with Crippen LogP contribution in [0.1, 0.15) is 97.3 Å². The van der Waals surface area contributed by atoms with Crippen LogP contribution in [-0.4, -0.2) is 17.9 Å². The standard InChI is InChI=1S/C18H35NO3.Na/c1-3-4-5-6-7-8-9-10-11-12-13-14-15-17(18(21)22)19-16(2)20;/h17H,3-15H2,1-2H3,(H,19,20)(H,21,22);/q;+1/p-1. The number of hydrogen-bond donors (Lipinski definition) is 1. The van der Waals surface area contributed by atoms with E-state index in [0.717, 1.165) is 19.3 Å². The van der Waals surface area contributed by atoms with Crippen LogP contribution in [0, 0.1) is 0 Å². The van der Waals surface area contributed by atoms with Crippen LogP contribution < -0.4 is 40.0 Å². The van der Waals surface area contributed by atoms with Crippen LogP contribution >= 0.6 is 0 Å². The minimum Gasteiger partial charge on any atom is -0.548 e. The summed E-state index contributed by atoms with van der Waals surface area (Å²) in [6, 6.07) is -0.833. The average Bonchev–Trinajstić information content (AvgIpc) is 2.46. The van der Waals surface area contributed by atoms with Gasteiger partial charge in [0.25, 0.3) is 0 Å². The molecule has 0 aromatic carbocycles. The van der Waals surface area contributed by atoms with E-state index in [1.54, 1.807) is 0 Å². The Morgan fingerprint density at radius 1 is 0.826 bits per heavy atom. The maximum atomic E-state index is 10.9. The van der Waals surface area contributed by atoms with E-state index in [9.17, 15) is 14.7 Å². The molecule has 0 spiro atoms. The van der Waals surface area contributed by atoms with Gasteiger partial charge in [-0.3, -0.25) is 4.79 Å². The summed E-state index contributed by atoms with van der Waals surface area (Å²) >= 11 is 0. The molecule has 23 heavy (non-hydrogen) atoms. The van der Waals surface area contributed by atoms with Crippen molar-refractivity contribution in [2.24, 2.45) is 0 Å². The fourth-order valence-corrected chi connectivity index (χ4v) is 2.68. The Labute approximate surface area is 164 Å². The molecule has 0 rings (SSSR count). The Balaban J connectivity index is 0. The summed E-state index contributed by atoms with van der Waals surface area (Å²) in [5, 5.41) is 13.3. The number of amides is 1. The van der Waals surface area contributed by atoms with E-state index >= 15 is 0 Å². The molecule has 1 atom stereocenters. The fraction of sp³-hybridized carbons (Fsp3) is 0.889. The van der Waals surface area contributed by atoms with Crippen LogP contribution in [0.2, 0.25) is 0 Å². The van der Waals surface area contributed by atoms with E-state index in [2.05, 4.69) is 12.2 Å². The number of carboxylic acid groups (broad SMARTS) is 1. The van der Waals surface area contributed by atoms with Crippen LogP contribution in [0.4, 0.5) is 0 Å². The number of unbranched alkanes of at least 4 members (excludes halogenated alkanes) is 11. The molecule has 4 nitrogen and oxygen atoms in total. The van der Waals surface area contributed by atoms with E-state index in [0.29, 0.717) is 6.42 Å². The van der Waals surface area contributed by atoms with Gasteiger partial charge in [-0.25, -0.2) is 0 Å². The van der Waals surface area contributed by atoms with Crippen LogP contribution in [-0.2, 0) is 9.59 Å². The largest absolute Gasteiger partial charge is 1.00 e. The molecule has 0 aliphatic rings. The molecule has 1 amide bonds. The summed E-state index contributed by atoms with van der Waals surface area (Å²) in [7, 11) is 0. The molecule has 0 aliphatic heterocycles. The van der Waals surface area contributed by atoms with Gasteiger partial charge >= 0.3 is 29.6 Å². The van der Waals surface area contributed by atoms with Crippen LogP contribution in [0.15, 0.2) is 0 Å². The fourth-order valence-electron chi connectivity index (χ4n) is 2.68. The molecule has 5 heteroatoms. The maximum Gasteiger partial charge on any atom is 1.00 e. The molecular formula is C18H34NNaO3. The molecule has 0 aliphatic carbocycles. The minimum absolute atomic E-state index is 0. The molecular weight excluding hydrogens is 301 g/mol. The number of carbonyl (C=O) groups is 2. The van der Waals surface area contributed by atoms with Crippen molar-refractivity contribution in [2.45, 2.75) is 103 Å². The second-order valence-electron chi connectivity index (χ2n) is 6.25. The van der Waals surface area contributed by atoms with Gasteiger partial charge in [0.15, 0.2) is 0 Å². The second kappa shape index (κ2) is 18.3. The molecule has 1 unspecified atom stereocenters. The van der Waals surface area contributed by atoms with Crippen molar-refractivity contribution in [1.82, 2.24) is 5.32 Å². The quantitative estimate of drug-likeness (QED) is 0.346. The Bertz CT molecular complexity index is 298. The number of aliphatic carboxylic acids is 1. The van der Waals surface area contributed by atoms with Gasteiger partial charge in [-0.15, -0.1) is 0 Å². The van der Waals surface area contributed by atoms with Crippen LogP contribution in [0.25, 0.3) is 0 Å². The first-order chi connectivity index (χ1) is 10.6. The third kappa shape index (κ3) is 18.1. The summed E-state index contributed by atoms with van der Waals surface area (Å²) < 4.78 is 0. The summed E-state index contributed by atoms with van der Waals surface area (Å²) in [5.74, 6) is -1.49. The van der Waals surface area contributed by atoms with Crippen molar-refractivity contribution >= 4 is 11.9 Å². The van der Waals surface area contributed by atoms with Gasteiger partial charge in [-0.2, -0.15) is 0 Å². The second-order valence-corrected chi connectivity index (χ2v) is 6.25. The van der Waals surface area contributed by atoms with Crippen molar-refractivity contribution in [3.05, 3.63) is 0 Å². The van der Waals surface area contributed by atoms with Gasteiger partial charge in [0, 0.05) is 6.92 Å². The van der Waals surface area contributed by atoms with Crippen molar-refractivity contribution in [1.29, 1.82) is 0 Å². The predicted molar refractivity (Wildman–Crippen MR) is 88.3 cm³/mol. The molecule has 1 N–H and O–H groups in total.